The van der Waals surface area contributed by atoms with Crippen molar-refractivity contribution in [2.75, 3.05) is 19.1 Å². The van der Waals surface area contributed by atoms with Gasteiger partial charge in [0.1, 0.15) is 0 Å². The molecule has 2 rings (SSSR count). The van der Waals surface area contributed by atoms with Crippen molar-refractivity contribution in [3.63, 3.8) is 0 Å². The van der Waals surface area contributed by atoms with Crippen LogP contribution in [0.2, 0.25) is 0 Å². The predicted octanol–water partition coefficient (Wildman–Crippen LogP) is 3.93. The maximum Gasteiger partial charge on any atom is 0.175 e. The van der Waals surface area contributed by atoms with Gasteiger partial charge in [-0.05, 0) is 32.7 Å². The van der Waals surface area contributed by atoms with Gasteiger partial charge in [0.05, 0.1) is 0 Å². The first-order valence-electron chi connectivity index (χ1n) is 6.38. The summed E-state index contributed by atoms with van der Waals surface area (Å²) in [5, 5.41) is 11.7. The lowest BCUT2D eigenvalue weighted by Crippen LogP contribution is -2.19. The van der Waals surface area contributed by atoms with E-state index in [9.17, 15) is 0 Å². The lowest BCUT2D eigenvalue weighted by molar-refractivity contribution is 0.660. The third-order valence-electron chi connectivity index (χ3n) is 2.93. The van der Waals surface area contributed by atoms with Crippen LogP contribution in [0.25, 0.3) is 0 Å². The number of hydrogen-bond donors (Lipinski definition) is 1. The van der Waals surface area contributed by atoms with Crippen LogP contribution in [0.5, 0.6) is 0 Å². The molecule has 0 amide bonds. The van der Waals surface area contributed by atoms with Crippen LogP contribution in [-0.2, 0) is 0 Å². The Balaban J connectivity index is 2.04. The van der Waals surface area contributed by atoms with E-state index < -0.39 is 0 Å². The van der Waals surface area contributed by atoms with Gasteiger partial charge in [-0.2, -0.15) is 0 Å². The van der Waals surface area contributed by atoms with Crippen molar-refractivity contribution in [1.82, 2.24) is 15.5 Å². The van der Waals surface area contributed by atoms with Gasteiger partial charge in [-0.25, -0.2) is 0 Å². The highest BCUT2D eigenvalue weighted by Crippen LogP contribution is 2.30. The highest BCUT2D eigenvalue weighted by atomic mass is 32.2. The summed E-state index contributed by atoms with van der Waals surface area (Å²) in [6, 6.07) is 7.05. The van der Waals surface area contributed by atoms with E-state index in [0.717, 1.165) is 14.4 Å². The highest BCUT2D eigenvalue weighted by Gasteiger charge is 2.12. The number of aromatic nitrogens is 2. The molecule has 108 valence electrons. The topological polar surface area (TPSA) is 37.8 Å². The van der Waals surface area contributed by atoms with E-state index in [-0.39, 0.29) is 0 Å². The summed E-state index contributed by atoms with van der Waals surface area (Å²) in [5.74, 6) is 0.961. The maximum atomic E-state index is 4.20. The van der Waals surface area contributed by atoms with E-state index >= 15 is 0 Å². The first-order chi connectivity index (χ1) is 9.62. The van der Waals surface area contributed by atoms with Gasteiger partial charge in [0, 0.05) is 11.8 Å². The molecule has 20 heavy (non-hydrogen) atoms. The van der Waals surface area contributed by atoms with Crippen molar-refractivity contribution in [1.29, 1.82) is 0 Å². The second kappa shape index (κ2) is 7.45. The molecule has 1 heterocycles. The van der Waals surface area contributed by atoms with E-state index in [4.69, 9.17) is 0 Å². The number of benzene rings is 1. The zero-order valence-corrected chi connectivity index (χ0v) is 14.6. The highest BCUT2D eigenvalue weighted by molar-refractivity contribution is 8.02. The van der Waals surface area contributed by atoms with Gasteiger partial charge in [-0.1, -0.05) is 64.2 Å². The molecule has 1 N–H and O–H groups in total. The predicted molar refractivity (Wildman–Crippen MR) is 90.1 cm³/mol. The Morgan fingerprint density at radius 3 is 2.35 bits per heavy atom. The first-order valence-corrected chi connectivity index (χ1v) is 9.41. The van der Waals surface area contributed by atoms with E-state index in [1.54, 1.807) is 34.9 Å². The van der Waals surface area contributed by atoms with E-state index in [2.05, 4.69) is 47.6 Å². The number of nitrogens with zero attached hydrogens (tertiary/aromatic N) is 2. The zero-order valence-electron chi connectivity index (χ0n) is 12.1. The first kappa shape index (κ1) is 15.8. The molecule has 0 aliphatic rings. The quantitative estimate of drug-likeness (QED) is 0.815. The summed E-state index contributed by atoms with van der Waals surface area (Å²) in [5.41, 5.74) is 3.96. The monoisotopic (exact) mass is 325 g/mol. The summed E-state index contributed by atoms with van der Waals surface area (Å²) >= 11 is 5.07. The van der Waals surface area contributed by atoms with Gasteiger partial charge in [0.2, 0.25) is 0 Å². The molecule has 6 heteroatoms. The van der Waals surface area contributed by atoms with E-state index in [1.165, 1.54) is 16.7 Å². The number of hydrogen-bond acceptors (Lipinski definition) is 6. The summed E-state index contributed by atoms with van der Waals surface area (Å²) in [6.07, 6.45) is 2.03. The van der Waals surface area contributed by atoms with Crippen molar-refractivity contribution in [3.05, 3.63) is 34.9 Å². The average Bonchev–Trinajstić information content (AvgIpc) is 2.86. The molecule has 1 unspecified atom stereocenters. The van der Waals surface area contributed by atoms with Crippen LogP contribution in [0.15, 0.2) is 26.9 Å². The summed E-state index contributed by atoms with van der Waals surface area (Å²) in [7, 11) is 2.01. The molecule has 1 atom stereocenters. The zero-order chi connectivity index (χ0) is 14.5. The Morgan fingerprint density at radius 1 is 1.15 bits per heavy atom. The van der Waals surface area contributed by atoms with Crippen molar-refractivity contribution in [2.45, 2.75) is 28.6 Å². The third kappa shape index (κ3) is 4.22. The fraction of sp³-hybridized carbons (Fsp3) is 0.429. The molecule has 0 fully saturated rings. The molecular formula is C14H19N3S3. The van der Waals surface area contributed by atoms with Crippen LogP contribution >= 0.6 is 34.9 Å². The fourth-order valence-corrected chi connectivity index (χ4v) is 4.66. The Kier molecular flexibility index (Phi) is 5.89. The molecule has 0 bridgehead atoms. The van der Waals surface area contributed by atoms with Gasteiger partial charge >= 0.3 is 0 Å². The lowest BCUT2D eigenvalue weighted by atomic mass is 10.0. The third-order valence-corrected chi connectivity index (χ3v) is 6.06. The maximum absolute atomic E-state index is 4.20. The molecule has 0 radical (unpaired) electrons. The molecule has 1 aromatic heterocycles. The molecule has 2 aromatic rings. The largest absolute Gasteiger partial charge is 0.312 e. The van der Waals surface area contributed by atoms with E-state index in [0.29, 0.717) is 6.04 Å². The van der Waals surface area contributed by atoms with Gasteiger partial charge < -0.3 is 5.32 Å². The molecule has 0 saturated heterocycles. The lowest BCUT2D eigenvalue weighted by Gasteiger charge is -2.17. The molecule has 0 spiro atoms. The van der Waals surface area contributed by atoms with Crippen LogP contribution in [0.1, 0.15) is 22.7 Å². The van der Waals surface area contributed by atoms with Crippen LogP contribution in [-0.4, -0.2) is 29.3 Å². The standard InChI is InChI=1S/C14H19N3S3/c1-9-5-10(2)7-11(6-9)12(15-3)8-19-14-17-16-13(18-4)20-14/h5-7,12,15H,8H2,1-4H3. The Bertz CT molecular complexity index is 548. The van der Waals surface area contributed by atoms with Gasteiger partial charge in [0.25, 0.3) is 0 Å². The fourth-order valence-electron chi connectivity index (χ4n) is 2.05. The molecule has 0 aliphatic heterocycles. The molecule has 1 aromatic carbocycles. The Morgan fingerprint density at radius 2 is 1.80 bits per heavy atom. The van der Waals surface area contributed by atoms with E-state index in [1.807, 2.05) is 13.3 Å². The minimum atomic E-state index is 0.334. The Hall–Kier alpha value is -0.560. The number of rotatable bonds is 6. The molecule has 0 saturated carbocycles. The normalized spacial score (nSPS) is 12.6. The minimum Gasteiger partial charge on any atom is -0.312 e. The van der Waals surface area contributed by atoms with Crippen molar-refractivity contribution in [2.24, 2.45) is 0 Å². The minimum absolute atomic E-state index is 0.334. The second-order valence-electron chi connectivity index (χ2n) is 4.61. The van der Waals surface area contributed by atoms with Crippen molar-refractivity contribution < 1.29 is 0 Å². The van der Waals surface area contributed by atoms with Gasteiger partial charge in [-0.3, -0.25) is 0 Å². The SMILES string of the molecule is CNC(CSc1nnc(SC)s1)c1cc(C)cc(C)c1. The van der Waals surface area contributed by atoms with Crippen LogP contribution in [0.4, 0.5) is 0 Å². The Labute approximate surface area is 133 Å². The molecule has 3 nitrogen and oxygen atoms in total. The summed E-state index contributed by atoms with van der Waals surface area (Å²) in [6.45, 7) is 4.29. The van der Waals surface area contributed by atoms with Crippen molar-refractivity contribution >= 4 is 34.9 Å². The van der Waals surface area contributed by atoms with Gasteiger partial charge in [-0.15, -0.1) is 10.2 Å². The number of thioether (sulfide) groups is 2. The smallest absolute Gasteiger partial charge is 0.175 e. The molecule has 0 aliphatic carbocycles. The van der Waals surface area contributed by atoms with Crippen molar-refractivity contribution in [3.8, 4) is 0 Å². The van der Waals surface area contributed by atoms with Crippen LogP contribution in [0.3, 0.4) is 0 Å². The molecular weight excluding hydrogens is 306 g/mol. The number of aryl methyl sites for hydroxylation is 2. The van der Waals surface area contributed by atoms with Crippen LogP contribution < -0.4 is 5.32 Å². The van der Waals surface area contributed by atoms with Crippen LogP contribution in [0, 0.1) is 13.8 Å². The van der Waals surface area contributed by atoms with Gasteiger partial charge in [0.15, 0.2) is 8.68 Å². The summed E-state index contributed by atoms with van der Waals surface area (Å²) < 4.78 is 2.07. The second-order valence-corrected chi connectivity index (χ2v) is 7.91. The summed E-state index contributed by atoms with van der Waals surface area (Å²) in [4.78, 5) is 0. The average molecular weight is 326 g/mol. The number of nitrogens with one attached hydrogen (secondary N) is 1.